The quantitative estimate of drug-likeness (QED) is 0.112. The van der Waals surface area contributed by atoms with Crippen molar-refractivity contribution in [2.24, 2.45) is 145 Å². The molecule has 12 aliphatic heterocycles. The van der Waals surface area contributed by atoms with Gasteiger partial charge in [-0.2, -0.15) is 0 Å². The van der Waals surface area contributed by atoms with Crippen LogP contribution in [-0.4, -0.2) is 126 Å². The Kier molecular flexibility index (Phi) is 28.1. The van der Waals surface area contributed by atoms with E-state index in [2.05, 4.69) is 110 Å². The summed E-state index contributed by atoms with van der Waals surface area (Å²) in [7, 11) is 0. The van der Waals surface area contributed by atoms with E-state index in [0.29, 0.717) is 44.1 Å². The molecule has 0 radical (unpaired) electrons. The van der Waals surface area contributed by atoms with Gasteiger partial charge in [-0.25, -0.2) is 0 Å². The van der Waals surface area contributed by atoms with Gasteiger partial charge in [-0.3, -0.25) is 0 Å². The number of piperidine rings is 4. The molecule has 0 amide bonds. The Morgan fingerprint density at radius 3 is 1.37 bits per heavy atom. The van der Waals surface area contributed by atoms with Crippen molar-refractivity contribution in [3.05, 3.63) is 0 Å². The van der Waals surface area contributed by atoms with Gasteiger partial charge in [0.25, 0.3) is 0 Å². The summed E-state index contributed by atoms with van der Waals surface area (Å²) in [6.07, 6.45) is 67.4. The average Bonchev–Trinajstić information content (AvgIpc) is 1.73. The third-order valence-electron chi connectivity index (χ3n) is 37.8. The summed E-state index contributed by atoms with van der Waals surface area (Å²) >= 11 is 0. The van der Waals surface area contributed by atoms with Crippen LogP contribution in [0.4, 0.5) is 0 Å². The first-order chi connectivity index (χ1) is 52.3. The Bertz CT molecular complexity index is 2480. The van der Waals surface area contributed by atoms with Crippen LogP contribution in [0.1, 0.15) is 358 Å². The van der Waals surface area contributed by atoms with Gasteiger partial charge in [0.1, 0.15) is 0 Å². The molecule has 16 atom stereocenters. The van der Waals surface area contributed by atoms with Crippen LogP contribution in [0.15, 0.2) is 0 Å². The standard InChI is InChI=1S/3C10H17N.3C10H19N.C9H17N.C8H15N.3C7H13N/c1-7-2-9-3-8(1)5-10(4-7)11-6-9;11-10-4-7-1-8(5-10)3-9(2-7)6-10;11-10-8-2-6-1-7(4-8)5-9(10)3-6;1-9(2)4-8-5-10(3,6-9)7-11-8;1-9(2)8-4-5-10(9,3)7-11-6-8;1-9(2)8-5-4-6-10(9,3)7-11-8;1-2-6-9-8(4-1)5-3-7-10-9;1-2-8-4-3-7(1)5-9-6-8;1-2-7-3-6(1)4-8-5-7;1-2-6-4-7(3-1)8-5-6;1-2-6-4-5-7(3-1)8-6/h7-11H,1-6H2;7-9H,1-6,11H2;6-10H,1-5,11H2;3*8,11H,4-7H2,1-3H3;8-10H,1-7H2;7-9H,1-6H2;3*6-8H,1-5H2. The molecule has 17 aliphatic carbocycles. The molecule has 11 nitrogen and oxygen atoms in total. The van der Waals surface area contributed by atoms with E-state index >= 15 is 0 Å². The number of hydrogen-bond donors (Lipinski definition) is 11. The van der Waals surface area contributed by atoms with Crippen molar-refractivity contribution in [3.63, 3.8) is 0 Å². The zero-order chi connectivity index (χ0) is 75.6. The third kappa shape index (κ3) is 21.4. The molecular formula is C98H179N11. The van der Waals surface area contributed by atoms with Crippen molar-refractivity contribution in [1.29, 1.82) is 0 Å². The van der Waals surface area contributed by atoms with E-state index < -0.39 is 0 Å². The van der Waals surface area contributed by atoms with Crippen molar-refractivity contribution >= 4 is 0 Å². The highest BCUT2D eigenvalue weighted by molar-refractivity contribution is 5.09. The fourth-order valence-electron chi connectivity index (χ4n) is 31.4. The smallest absolute Gasteiger partial charge is 0.0162 e. The second kappa shape index (κ2) is 36.6. The number of rotatable bonds is 0. The predicted molar refractivity (Wildman–Crippen MR) is 461 cm³/mol. The Morgan fingerprint density at radius 1 is 0.303 bits per heavy atom. The minimum Gasteiger partial charge on any atom is -0.327 e. The lowest BCUT2D eigenvalue weighted by molar-refractivity contribution is 0.000282. The molecule has 29 aliphatic rings. The molecule has 12 heterocycles. The fourth-order valence-corrected chi connectivity index (χ4v) is 31.4. The second-order valence-corrected chi connectivity index (χ2v) is 47.8. The lowest BCUT2D eigenvalue weighted by atomic mass is 9.53. The van der Waals surface area contributed by atoms with Crippen molar-refractivity contribution in [3.8, 4) is 0 Å². The van der Waals surface area contributed by atoms with Crippen LogP contribution in [-0.2, 0) is 0 Å². The minimum absolute atomic E-state index is 0.300. The van der Waals surface area contributed by atoms with Gasteiger partial charge < -0.3 is 59.3 Å². The highest BCUT2D eigenvalue weighted by atomic mass is 15.0. The molecule has 12 saturated heterocycles. The summed E-state index contributed by atoms with van der Waals surface area (Å²) in [5.74, 6) is 17.5. The molecular weight excluding hydrogens is 1330 g/mol. The zero-order valence-electron chi connectivity index (χ0n) is 72.9. The molecule has 626 valence electrons. The lowest BCUT2D eigenvalue weighted by Gasteiger charge is -2.55. The third-order valence-corrected chi connectivity index (χ3v) is 37.8. The second-order valence-electron chi connectivity index (χ2n) is 47.8. The van der Waals surface area contributed by atoms with E-state index in [0.717, 1.165) is 143 Å². The van der Waals surface area contributed by atoms with Crippen molar-refractivity contribution < 1.29 is 0 Å². The largest absolute Gasteiger partial charge is 0.327 e. The van der Waals surface area contributed by atoms with Gasteiger partial charge in [0.05, 0.1) is 0 Å². The molecule has 26 bridgehead atoms. The summed E-state index contributed by atoms with van der Waals surface area (Å²) < 4.78 is 0. The Morgan fingerprint density at radius 2 is 0.817 bits per heavy atom. The van der Waals surface area contributed by atoms with E-state index in [1.165, 1.54) is 342 Å². The summed E-state index contributed by atoms with van der Waals surface area (Å²) in [4.78, 5) is 0. The Balaban J connectivity index is 0.0000000956. The number of nitrogens with one attached hydrogen (secondary N) is 9. The van der Waals surface area contributed by atoms with E-state index in [1.54, 1.807) is 25.7 Å². The van der Waals surface area contributed by atoms with Crippen molar-refractivity contribution in [2.45, 2.75) is 412 Å². The number of nitrogens with two attached hydrogens (primary N) is 2. The van der Waals surface area contributed by atoms with Gasteiger partial charge >= 0.3 is 0 Å². The van der Waals surface area contributed by atoms with Gasteiger partial charge in [-0.15, -0.1) is 0 Å². The first-order valence-corrected chi connectivity index (χ1v) is 49.4. The zero-order valence-corrected chi connectivity index (χ0v) is 72.9. The summed E-state index contributed by atoms with van der Waals surface area (Å²) in [5.41, 5.74) is 16.3. The molecule has 13 N–H and O–H groups in total. The molecule has 109 heavy (non-hydrogen) atoms. The van der Waals surface area contributed by atoms with Crippen molar-refractivity contribution in [2.75, 3.05) is 72.0 Å². The maximum Gasteiger partial charge on any atom is 0.0162 e. The molecule has 11 heteroatoms. The maximum absolute atomic E-state index is 6.32. The van der Waals surface area contributed by atoms with Crippen LogP contribution in [0.2, 0.25) is 0 Å². The predicted octanol–water partition coefficient (Wildman–Crippen LogP) is 18.6. The summed E-state index contributed by atoms with van der Waals surface area (Å²) in [6, 6.07) is 6.75. The van der Waals surface area contributed by atoms with Crippen molar-refractivity contribution in [1.82, 2.24) is 47.9 Å². The first kappa shape index (κ1) is 83.6. The van der Waals surface area contributed by atoms with Crippen LogP contribution in [0.25, 0.3) is 0 Å². The topological polar surface area (TPSA) is 160 Å². The van der Waals surface area contributed by atoms with Crippen LogP contribution in [0.3, 0.4) is 0 Å². The molecule has 0 aromatic rings. The Labute approximate surface area is 672 Å². The van der Waals surface area contributed by atoms with E-state index in [9.17, 15) is 0 Å². The van der Waals surface area contributed by atoms with Gasteiger partial charge in [-0.1, -0.05) is 94.4 Å². The Hall–Kier alpha value is -0.440. The maximum atomic E-state index is 6.32. The van der Waals surface area contributed by atoms with Gasteiger partial charge in [-0.05, 0) is 449 Å². The molecule has 16 unspecified atom stereocenters. The van der Waals surface area contributed by atoms with Gasteiger partial charge in [0, 0.05) is 73.5 Å². The molecule has 0 spiro atoms. The molecule has 0 aromatic carbocycles. The van der Waals surface area contributed by atoms with Gasteiger partial charge in [0.2, 0.25) is 0 Å². The monoisotopic (exact) mass is 1510 g/mol. The van der Waals surface area contributed by atoms with Crippen LogP contribution in [0, 0.1) is 133 Å². The van der Waals surface area contributed by atoms with Gasteiger partial charge in [0.15, 0.2) is 0 Å². The normalized spacial score (nSPS) is 49.3. The highest BCUT2D eigenvalue weighted by Gasteiger charge is 2.55. The molecule has 29 fully saturated rings. The minimum atomic E-state index is 0.300. The van der Waals surface area contributed by atoms with Crippen LogP contribution in [0.5, 0.6) is 0 Å². The van der Waals surface area contributed by atoms with E-state index in [1.807, 2.05) is 0 Å². The molecule has 0 aromatic heterocycles. The SMILES string of the molecule is C1CC2CCC(C1)N2.C1CC2CCC1CNC2.C1CC2CNC(C1)C2.C1CC2CNCC1C2.C1CCC2NCCCC2C1.C1NC2CC3CC1CC(C3)C2.CC1(C)CC2CC(C)(CN2)C1.CC12CCC(CNC1)C2(C)C.CC12CCCC(NC1)C2(C)C.NC12CC3CC(CC(C3)C1)C2.NC1C2CC3CC(C2)CC1C3. The molecule has 29 rings (SSSR count). The summed E-state index contributed by atoms with van der Waals surface area (Å²) in [5, 5.41) is 32.2. The van der Waals surface area contributed by atoms with E-state index in [4.69, 9.17) is 11.5 Å². The highest BCUT2D eigenvalue weighted by Crippen LogP contribution is 2.59. The lowest BCUT2D eigenvalue weighted by Crippen LogP contribution is -2.55. The first-order valence-electron chi connectivity index (χ1n) is 49.4. The molecule has 17 saturated carbocycles. The van der Waals surface area contributed by atoms with Crippen LogP contribution >= 0.6 is 0 Å². The fraction of sp³-hybridized carbons (Fsp3) is 1.00. The number of hydrogen-bond acceptors (Lipinski definition) is 11. The van der Waals surface area contributed by atoms with Crippen LogP contribution < -0.4 is 59.3 Å². The number of fused-ring (bicyclic) bond motifs is 18. The van der Waals surface area contributed by atoms with E-state index in [-0.39, 0.29) is 0 Å². The average molecular weight is 1510 g/mol. The summed E-state index contributed by atoms with van der Waals surface area (Å²) in [6.45, 7) is 36.0.